The summed E-state index contributed by atoms with van der Waals surface area (Å²) in [5, 5.41) is 11.0. The molecule has 0 aliphatic heterocycles. The standard InChI is InChI=1S/C14H15NO2/c16-14(6-2-7-14)10-17-12-5-4-11-3-1-8-15-13(11)9-12/h1,3-5,8-9,16H,2,6-7,10H2. The van der Waals surface area contributed by atoms with Gasteiger partial charge in [0.05, 0.1) is 11.1 Å². The minimum absolute atomic E-state index is 0.380. The predicted molar refractivity (Wildman–Crippen MR) is 66.0 cm³/mol. The van der Waals surface area contributed by atoms with Gasteiger partial charge in [-0.1, -0.05) is 6.07 Å². The molecule has 1 heterocycles. The Kier molecular flexibility index (Phi) is 2.48. The molecule has 0 spiro atoms. The summed E-state index contributed by atoms with van der Waals surface area (Å²) in [6.07, 6.45) is 4.56. The highest BCUT2D eigenvalue weighted by molar-refractivity contribution is 5.79. The van der Waals surface area contributed by atoms with Gasteiger partial charge in [0.25, 0.3) is 0 Å². The van der Waals surface area contributed by atoms with E-state index in [1.807, 2.05) is 30.3 Å². The Morgan fingerprint density at radius 3 is 2.94 bits per heavy atom. The van der Waals surface area contributed by atoms with Gasteiger partial charge in [-0.15, -0.1) is 0 Å². The molecule has 2 aromatic rings. The van der Waals surface area contributed by atoms with Crippen molar-refractivity contribution in [2.75, 3.05) is 6.61 Å². The van der Waals surface area contributed by atoms with Crippen LogP contribution in [0.4, 0.5) is 0 Å². The average molecular weight is 229 g/mol. The Morgan fingerprint density at radius 2 is 2.18 bits per heavy atom. The lowest BCUT2D eigenvalue weighted by molar-refractivity contribution is -0.0663. The van der Waals surface area contributed by atoms with Crippen molar-refractivity contribution in [3.63, 3.8) is 0 Å². The second kappa shape index (κ2) is 4.00. The molecular weight excluding hydrogens is 214 g/mol. The summed E-state index contributed by atoms with van der Waals surface area (Å²) >= 11 is 0. The molecule has 0 bridgehead atoms. The Balaban J connectivity index is 1.76. The smallest absolute Gasteiger partial charge is 0.121 e. The molecule has 1 N–H and O–H groups in total. The Labute approximate surface area is 100 Å². The number of hydrogen-bond acceptors (Lipinski definition) is 3. The van der Waals surface area contributed by atoms with Gasteiger partial charge < -0.3 is 9.84 Å². The Morgan fingerprint density at radius 1 is 1.29 bits per heavy atom. The van der Waals surface area contributed by atoms with Crippen molar-refractivity contribution < 1.29 is 9.84 Å². The van der Waals surface area contributed by atoms with E-state index < -0.39 is 5.60 Å². The van der Waals surface area contributed by atoms with Gasteiger partial charge in [-0.2, -0.15) is 0 Å². The van der Waals surface area contributed by atoms with Crippen LogP contribution in [0.3, 0.4) is 0 Å². The number of hydrogen-bond donors (Lipinski definition) is 1. The summed E-state index contributed by atoms with van der Waals surface area (Å²) in [6.45, 7) is 0.380. The SMILES string of the molecule is OC1(COc2ccc3cccnc3c2)CCC1. The van der Waals surface area contributed by atoms with Crippen LogP contribution in [0.15, 0.2) is 36.5 Å². The molecule has 1 fully saturated rings. The van der Waals surface area contributed by atoms with Crippen LogP contribution in [-0.2, 0) is 0 Å². The average Bonchev–Trinajstić information content (AvgIpc) is 2.34. The molecule has 0 unspecified atom stereocenters. The largest absolute Gasteiger partial charge is 0.491 e. The molecule has 1 aromatic heterocycles. The van der Waals surface area contributed by atoms with Crippen LogP contribution in [0.5, 0.6) is 5.75 Å². The minimum Gasteiger partial charge on any atom is -0.491 e. The van der Waals surface area contributed by atoms with E-state index in [0.717, 1.165) is 35.9 Å². The number of nitrogens with zero attached hydrogens (tertiary/aromatic N) is 1. The number of benzene rings is 1. The number of aromatic nitrogens is 1. The third-order valence-corrected chi connectivity index (χ3v) is 3.37. The normalized spacial score (nSPS) is 17.7. The summed E-state index contributed by atoms with van der Waals surface area (Å²) < 4.78 is 5.63. The van der Waals surface area contributed by atoms with Gasteiger partial charge >= 0.3 is 0 Å². The van der Waals surface area contributed by atoms with Crippen LogP contribution in [0, 0.1) is 0 Å². The maximum Gasteiger partial charge on any atom is 0.121 e. The fourth-order valence-electron chi connectivity index (χ4n) is 2.08. The summed E-state index contributed by atoms with van der Waals surface area (Å²) in [5.74, 6) is 0.775. The van der Waals surface area contributed by atoms with E-state index in [4.69, 9.17) is 4.74 Å². The van der Waals surface area contributed by atoms with Crippen molar-refractivity contribution in [3.8, 4) is 5.75 Å². The van der Waals surface area contributed by atoms with E-state index in [1.54, 1.807) is 6.20 Å². The van der Waals surface area contributed by atoms with Gasteiger partial charge in [0, 0.05) is 17.6 Å². The van der Waals surface area contributed by atoms with Crippen molar-refractivity contribution in [1.82, 2.24) is 4.98 Å². The van der Waals surface area contributed by atoms with Crippen LogP contribution in [0.25, 0.3) is 10.9 Å². The van der Waals surface area contributed by atoms with Gasteiger partial charge in [0.1, 0.15) is 12.4 Å². The third-order valence-electron chi connectivity index (χ3n) is 3.37. The van der Waals surface area contributed by atoms with Gasteiger partial charge in [0.2, 0.25) is 0 Å². The zero-order chi connectivity index (χ0) is 11.7. The van der Waals surface area contributed by atoms with E-state index in [0.29, 0.717) is 6.61 Å². The van der Waals surface area contributed by atoms with Crippen LogP contribution >= 0.6 is 0 Å². The summed E-state index contributed by atoms with van der Waals surface area (Å²) in [5.41, 5.74) is 0.324. The van der Waals surface area contributed by atoms with Crippen molar-refractivity contribution in [3.05, 3.63) is 36.5 Å². The molecule has 1 aliphatic rings. The first-order chi connectivity index (χ1) is 8.25. The molecule has 88 valence electrons. The zero-order valence-electron chi connectivity index (χ0n) is 9.60. The molecule has 3 heteroatoms. The van der Waals surface area contributed by atoms with E-state index in [2.05, 4.69) is 4.98 Å². The molecule has 3 nitrogen and oxygen atoms in total. The maximum atomic E-state index is 9.94. The fourth-order valence-corrected chi connectivity index (χ4v) is 2.08. The Bertz CT molecular complexity index is 534. The van der Waals surface area contributed by atoms with Crippen LogP contribution < -0.4 is 4.74 Å². The minimum atomic E-state index is -0.598. The van der Waals surface area contributed by atoms with Crippen molar-refractivity contribution in [1.29, 1.82) is 0 Å². The van der Waals surface area contributed by atoms with Crippen LogP contribution in [0.2, 0.25) is 0 Å². The van der Waals surface area contributed by atoms with E-state index in [1.165, 1.54) is 0 Å². The van der Waals surface area contributed by atoms with Gasteiger partial charge in [-0.3, -0.25) is 4.98 Å². The molecule has 1 saturated carbocycles. The quantitative estimate of drug-likeness (QED) is 0.879. The van der Waals surface area contributed by atoms with Crippen LogP contribution in [0.1, 0.15) is 19.3 Å². The van der Waals surface area contributed by atoms with Crippen molar-refractivity contribution in [2.45, 2.75) is 24.9 Å². The lowest BCUT2D eigenvalue weighted by Gasteiger charge is -2.35. The van der Waals surface area contributed by atoms with Gasteiger partial charge in [-0.05, 0) is 37.5 Å². The number of pyridine rings is 1. The summed E-state index contributed by atoms with van der Waals surface area (Å²) in [4.78, 5) is 4.28. The van der Waals surface area contributed by atoms with Crippen LogP contribution in [-0.4, -0.2) is 22.3 Å². The lowest BCUT2D eigenvalue weighted by atomic mass is 9.81. The Hall–Kier alpha value is -1.61. The fraction of sp³-hybridized carbons (Fsp3) is 0.357. The maximum absolute atomic E-state index is 9.94. The first-order valence-corrected chi connectivity index (χ1v) is 5.95. The first kappa shape index (κ1) is 10.5. The van der Waals surface area contributed by atoms with E-state index in [-0.39, 0.29) is 0 Å². The third kappa shape index (κ3) is 2.11. The molecule has 1 aliphatic carbocycles. The zero-order valence-corrected chi connectivity index (χ0v) is 9.60. The molecule has 1 aromatic carbocycles. The molecule has 3 rings (SSSR count). The number of rotatable bonds is 3. The van der Waals surface area contributed by atoms with Crippen molar-refractivity contribution in [2.24, 2.45) is 0 Å². The molecule has 0 amide bonds. The number of ether oxygens (including phenoxy) is 1. The molecular formula is C14H15NO2. The molecule has 17 heavy (non-hydrogen) atoms. The van der Waals surface area contributed by atoms with Crippen molar-refractivity contribution >= 4 is 10.9 Å². The first-order valence-electron chi connectivity index (χ1n) is 5.95. The second-order valence-corrected chi connectivity index (χ2v) is 4.72. The van der Waals surface area contributed by atoms with E-state index in [9.17, 15) is 5.11 Å². The molecule has 0 saturated heterocycles. The highest BCUT2D eigenvalue weighted by Gasteiger charge is 2.35. The van der Waals surface area contributed by atoms with Gasteiger partial charge in [-0.25, -0.2) is 0 Å². The number of fused-ring (bicyclic) bond motifs is 1. The van der Waals surface area contributed by atoms with E-state index >= 15 is 0 Å². The highest BCUT2D eigenvalue weighted by Crippen LogP contribution is 2.32. The second-order valence-electron chi connectivity index (χ2n) is 4.72. The van der Waals surface area contributed by atoms with Gasteiger partial charge in [0.15, 0.2) is 0 Å². The lowest BCUT2D eigenvalue weighted by Crippen LogP contribution is -2.42. The monoisotopic (exact) mass is 229 g/mol. The molecule has 0 atom stereocenters. The summed E-state index contributed by atoms with van der Waals surface area (Å²) in [7, 11) is 0. The highest BCUT2D eigenvalue weighted by atomic mass is 16.5. The topological polar surface area (TPSA) is 42.4 Å². The summed E-state index contributed by atoms with van der Waals surface area (Å²) in [6, 6.07) is 9.76. The number of aliphatic hydroxyl groups is 1. The predicted octanol–water partition coefficient (Wildman–Crippen LogP) is 2.53. The molecule has 0 radical (unpaired) electrons.